The Bertz CT molecular complexity index is 1150. The molecule has 0 aromatic rings. The number of unbranched alkanes of at least 4 members (excludes halogenated alkanes) is 48. The van der Waals surface area contributed by atoms with Crippen molar-refractivity contribution >= 4 is 11.9 Å². The van der Waals surface area contributed by atoms with E-state index in [4.69, 9.17) is 4.74 Å². The fourth-order valence-corrected chi connectivity index (χ4v) is 10.6. The quantitative estimate of drug-likeness (QED) is 0.0320. The number of nitrogens with one attached hydrogen (secondary N) is 1. The Kier molecular flexibility index (Phi) is 62.4. The molecule has 0 rings (SSSR count). The summed E-state index contributed by atoms with van der Waals surface area (Å²) in [7, 11) is 0. The number of ether oxygens (including phenoxy) is 1. The summed E-state index contributed by atoms with van der Waals surface area (Å²) >= 11 is 0. The summed E-state index contributed by atoms with van der Waals surface area (Å²) in [4.78, 5) is 24.5. The van der Waals surface area contributed by atoms with Crippen LogP contribution in [-0.2, 0) is 14.3 Å². The van der Waals surface area contributed by atoms with Crippen LogP contribution in [0.4, 0.5) is 0 Å². The monoisotopic (exact) mass is 1040 g/mol. The molecule has 2 unspecified atom stereocenters. The maximum absolute atomic E-state index is 12.4. The number of carbonyl (C=O) groups is 2. The molecule has 0 aliphatic carbocycles. The van der Waals surface area contributed by atoms with Gasteiger partial charge in [-0.2, -0.15) is 0 Å². The number of hydrogen-bond acceptors (Lipinski definition) is 5. The Morgan fingerprint density at radius 1 is 0.378 bits per heavy atom. The molecular formula is C68H131NO5. The molecule has 2 atom stereocenters. The minimum atomic E-state index is -0.660. The van der Waals surface area contributed by atoms with Gasteiger partial charge in [0.05, 0.1) is 25.4 Å². The molecular weight excluding hydrogens is 911 g/mol. The minimum Gasteiger partial charge on any atom is -0.466 e. The van der Waals surface area contributed by atoms with Crippen LogP contribution in [0.3, 0.4) is 0 Å². The summed E-state index contributed by atoms with van der Waals surface area (Å²) in [6, 6.07) is -0.537. The largest absolute Gasteiger partial charge is 0.466 e. The van der Waals surface area contributed by atoms with Crippen molar-refractivity contribution in [3.63, 3.8) is 0 Å². The van der Waals surface area contributed by atoms with Gasteiger partial charge in [-0.15, -0.1) is 0 Å². The van der Waals surface area contributed by atoms with Gasteiger partial charge in [0, 0.05) is 12.8 Å². The van der Waals surface area contributed by atoms with E-state index in [0.29, 0.717) is 25.9 Å². The highest BCUT2D eigenvalue weighted by Gasteiger charge is 2.20. The molecule has 438 valence electrons. The van der Waals surface area contributed by atoms with Crippen LogP contribution >= 0.6 is 0 Å². The number of hydrogen-bond donors (Lipinski definition) is 3. The molecule has 0 saturated carbocycles. The van der Waals surface area contributed by atoms with Gasteiger partial charge in [0.25, 0.3) is 0 Å². The van der Waals surface area contributed by atoms with Gasteiger partial charge in [0.2, 0.25) is 5.91 Å². The fraction of sp³-hybridized carbons (Fsp3) is 0.912. The second kappa shape index (κ2) is 63.9. The van der Waals surface area contributed by atoms with Crippen LogP contribution in [0.25, 0.3) is 0 Å². The molecule has 0 radical (unpaired) electrons. The van der Waals surface area contributed by atoms with Crippen molar-refractivity contribution in [3.05, 3.63) is 24.3 Å². The lowest BCUT2D eigenvalue weighted by atomic mass is 10.0. The van der Waals surface area contributed by atoms with Crippen molar-refractivity contribution in [1.82, 2.24) is 5.32 Å². The maximum atomic E-state index is 12.4. The number of esters is 1. The van der Waals surface area contributed by atoms with Gasteiger partial charge in [0.1, 0.15) is 0 Å². The van der Waals surface area contributed by atoms with Crippen LogP contribution in [0.2, 0.25) is 0 Å². The van der Waals surface area contributed by atoms with Gasteiger partial charge in [0.15, 0.2) is 0 Å². The lowest BCUT2D eigenvalue weighted by Gasteiger charge is -2.22. The average molecular weight is 1040 g/mol. The number of amides is 1. The molecule has 74 heavy (non-hydrogen) atoms. The summed E-state index contributed by atoms with van der Waals surface area (Å²) < 4.78 is 5.48. The first kappa shape index (κ1) is 72.3. The fourth-order valence-electron chi connectivity index (χ4n) is 10.6. The van der Waals surface area contributed by atoms with Gasteiger partial charge in [-0.3, -0.25) is 9.59 Å². The summed E-state index contributed by atoms with van der Waals surface area (Å²) in [5.74, 6) is -0.0149. The first-order valence-electron chi connectivity index (χ1n) is 33.6. The van der Waals surface area contributed by atoms with E-state index >= 15 is 0 Å². The molecule has 0 saturated heterocycles. The standard InChI is InChI=1S/C68H131NO5/c1-3-5-7-9-11-13-14-38-42-46-50-54-58-62-68(73)74-63-59-55-51-47-43-40-37-35-33-31-29-27-25-23-21-19-17-15-16-18-20-22-24-26-28-30-32-34-36-39-41-45-49-53-57-61-67(72)69-65(64-70)66(71)60-56-52-48-44-12-10-8-6-4-2/h17,19,23,25,65-66,70-71H,3-16,18,20-22,24,26-64H2,1-2H3,(H,69,72)/b19-17-,25-23-. The Morgan fingerprint density at radius 2 is 0.676 bits per heavy atom. The highest BCUT2D eigenvalue weighted by molar-refractivity contribution is 5.76. The number of allylic oxidation sites excluding steroid dienone is 4. The lowest BCUT2D eigenvalue weighted by molar-refractivity contribution is -0.143. The van der Waals surface area contributed by atoms with Crippen molar-refractivity contribution in [2.24, 2.45) is 0 Å². The predicted molar refractivity (Wildman–Crippen MR) is 324 cm³/mol. The van der Waals surface area contributed by atoms with E-state index in [1.807, 2.05) is 0 Å². The van der Waals surface area contributed by atoms with E-state index in [0.717, 1.165) is 44.9 Å². The Morgan fingerprint density at radius 3 is 1.03 bits per heavy atom. The highest BCUT2D eigenvalue weighted by atomic mass is 16.5. The normalized spacial score (nSPS) is 12.6. The predicted octanol–water partition coefficient (Wildman–Crippen LogP) is 21.4. The molecule has 6 heteroatoms. The molecule has 0 bridgehead atoms. The molecule has 0 aliphatic heterocycles. The Balaban J connectivity index is 3.33. The number of aliphatic hydroxyl groups is 2. The van der Waals surface area contributed by atoms with Gasteiger partial charge in [-0.05, 0) is 57.8 Å². The third-order valence-electron chi connectivity index (χ3n) is 15.8. The second-order valence-electron chi connectivity index (χ2n) is 23.2. The third kappa shape index (κ3) is 59.6. The molecule has 0 heterocycles. The van der Waals surface area contributed by atoms with Crippen LogP contribution in [0, 0.1) is 0 Å². The van der Waals surface area contributed by atoms with Gasteiger partial charge < -0.3 is 20.3 Å². The summed E-state index contributed by atoms with van der Waals surface area (Å²) in [5, 5.41) is 23.1. The van der Waals surface area contributed by atoms with Crippen molar-refractivity contribution in [2.45, 2.75) is 386 Å². The minimum absolute atomic E-state index is 0.0186. The van der Waals surface area contributed by atoms with Crippen molar-refractivity contribution < 1.29 is 24.5 Å². The zero-order chi connectivity index (χ0) is 53.6. The molecule has 0 fully saturated rings. The van der Waals surface area contributed by atoms with Crippen LogP contribution in [0.1, 0.15) is 373 Å². The topological polar surface area (TPSA) is 95.9 Å². The molecule has 0 aliphatic rings. The summed E-state index contributed by atoms with van der Waals surface area (Å²) in [6.45, 7) is 4.95. The Hall–Kier alpha value is -1.66. The third-order valence-corrected chi connectivity index (χ3v) is 15.8. The van der Waals surface area contributed by atoms with Crippen LogP contribution in [-0.4, -0.2) is 47.4 Å². The zero-order valence-corrected chi connectivity index (χ0v) is 50.1. The molecule has 0 aromatic carbocycles. The maximum Gasteiger partial charge on any atom is 0.305 e. The Labute approximate surface area is 462 Å². The van der Waals surface area contributed by atoms with Crippen molar-refractivity contribution in [3.8, 4) is 0 Å². The molecule has 1 amide bonds. The second-order valence-corrected chi connectivity index (χ2v) is 23.2. The smallest absolute Gasteiger partial charge is 0.305 e. The van der Waals surface area contributed by atoms with E-state index < -0.39 is 12.1 Å². The van der Waals surface area contributed by atoms with Crippen molar-refractivity contribution in [2.75, 3.05) is 13.2 Å². The van der Waals surface area contributed by atoms with E-state index in [1.165, 1.54) is 295 Å². The van der Waals surface area contributed by atoms with E-state index in [1.54, 1.807) is 0 Å². The van der Waals surface area contributed by atoms with E-state index in [2.05, 4.69) is 43.5 Å². The van der Waals surface area contributed by atoms with Crippen molar-refractivity contribution in [1.29, 1.82) is 0 Å². The highest BCUT2D eigenvalue weighted by Crippen LogP contribution is 2.18. The summed E-state index contributed by atoms with van der Waals surface area (Å²) in [6.07, 6.45) is 79.5. The SMILES string of the molecule is CCCCCCCCCCCCCCCC(=O)OCCCCCCCCCCCCC/C=C\C/C=C\CCCCCCCCCCCCCCCCCCCC(=O)NC(CO)C(O)CCCCCCCCCCC. The summed E-state index contributed by atoms with van der Waals surface area (Å²) in [5.41, 5.74) is 0. The van der Waals surface area contributed by atoms with Crippen LogP contribution < -0.4 is 5.32 Å². The molecule has 0 spiro atoms. The zero-order valence-electron chi connectivity index (χ0n) is 50.1. The number of carbonyl (C=O) groups excluding carboxylic acids is 2. The van der Waals surface area contributed by atoms with Crippen LogP contribution in [0.5, 0.6) is 0 Å². The molecule has 6 nitrogen and oxygen atoms in total. The number of rotatable bonds is 63. The lowest BCUT2D eigenvalue weighted by Crippen LogP contribution is -2.45. The average Bonchev–Trinajstić information content (AvgIpc) is 3.40. The van der Waals surface area contributed by atoms with Gasteiger partial charge in [-0.25, -0.2) is 0 Å². The number of aliphatic hydroxyl groups excluding tert-OH is 2. The van der Waals surface area contributed by atoms with E-state index in [9.17, 15) is 19.8 Å². The van der Waals surface area contributed by atoms with Gasteiger partial charge >= 0.3 is 5.97 Å². The first-order chi connectivity index (χ1) is 36.5. The van der Waals surface area contributed by atoms with Crippen LogP contribution in [0.15, 0.2) is 24.3 Å². The molecule has 3 N–H and O–H groups in total. The molecule has 0 aromatic heterocycles. The van der Waals surface area contributed by atoms with E-state index in [-0.39, 0.29) is 18.5 Å². The first-order valence-corrected chi connectivity index (χ1v) is 33.6. The van der Waals surface area contributed by atoms with Gasteiger partial charge in [-0.1, -0.05) is 327 Å².